The molecular formula is C24H43N3O8. The minimum atomic E-state index is -1.31. The molecule has 3 atom stereocenters. The molecule has 0 aromatic rings. The molecule has 0 radical (unpaired) electrons. The van der Waals surface area contributed by atoms with Crippen LogP contribution in [-0.2, 0) is 33.4 Å². The van der Waals surface area contributed by atoms with Crippen molar-refractivity contribution in [1.82, 2.24) is 15.5 Å². The Balaban J connectivity index is 5.66. The molecule has 2 N–H and O–H groups in total. The van der Waals surface area contributed by atoms with Gasteiger partial charge >= 0.3 is 18.0 Å². The van der Waals surface area contributed by atoms with Gasteiger partial charge in [-0.2, -0.15) is 0 Å². The molecule has 3 amide bonds. The molecule has 0 saturated carbocycles. The van der Waals surface area contributed by atoms with Crippen molar-refractivity contribution < 1.29 is 38.2 Å². The number of likely N-dealkylation sites (N-methyl/N-ethyl adjacent to an activating group) is 1. The van der Waals surface area contributed by atoms with Gasteiger partial charge in [0.2, 0.25) is 11.8 Å². The number of rotatable bonds is 10. The predicted octanol–water partition coefficient (Wildman–Crippen LogP) is 2.16. The fraction of sp³-hybridized carbons (Fsp3) is 0.792. The fourth-order valence-corrected chi connectivity index (χ4v) is 2.76. The van der Waals surface area contributed by atoms with Crippen LogP contribution in [-0.4, -0.2) is 77.7 Å². The summed E-state index contributed by atoms with van der Waals surface area (Å²) in [6, 6.07) is -3.28. The highest BCUT2D eigenvalue weighted by molar-refractivity contribution is 5.93. The summed E-state index contributed by atoms with van der Waals surface area (Å²) in [4.78, 5) is 63.4. The Morgan fingerprint density at radius 1 is 0.829 bits per heavy atom. The van der Waals surface area contributed by atoms with Crippen molar-refractivity contribution in [2.75, 3.05) is 13.7 Å². The smallest absolute Gasteiger partial charge is 0.410 e. The van der Waals surface area contributed by atoms with Crippen LogP contribution in [0.4, 0.5) is 4.79 Å². The lowest BCUT2D eigenvalue weighted by molar-refractivity contribution is -0.158. The summed E-state index contributed by atoms with van der Waals surface area (Å²) in [5.41, 5.74) is -1.52. The van der Waals surface area contributed by atoms with Crippen LogP contribution in [0, 0.1) is 5.92 Å². The van der Waals surface area contributed by atoms with Crippen molar-refractivity contribution in [2.45, 2.75) is 105 Å². The van der Waals surface area contributed by atoms with Crippen LogP contribution in [0.25, 0.3) is 0 Å². The van der Waals surface area contributed by atoms with Crippen molar-refractivity contribution in [2.24, 2.45) is 5.92 Å². The minimum absolute atomic E-state index is 0.0311. The number of nitrogens with one attached hydrogen (secondary N) is 2. The van der Waals surface area contributed by atoms with Crippen LogP contribution in [0.15, 0.2) is 0 Å². The third kappa shape index (κ3) is 13.6. The first-order valence-electron chi connectivity index (χ1n) is 11.7. The molecule has 0 fully saturated rings. The Labute approximate surface area is 208 Å². The summed E-state index contributed by atoms with van der Waals surface area (Å²) < 4.78 is 15.6. The van der Waals surface area contributed by atoms with E-state index in [0.717, 1.165) is 6.92 Å². The van der Waals surface area contributed by atoms with Crippen LogP contribution in [0.3, 0.4) is 0 Å². The molecule has 0 spiro atoms. The van der Waals surface area contributed by atoms with E-state index in [1.165, 1.54) is 18.9 Å². The zero-order chi connectivity index (χ0) is 27.7. The van der Waals surface area contributed by atoms with Crippen LogP contribution in [0.2, 0.25) is 0 Å². The topological polar surface area (TPSA) is 140 Å². The lowest BCUT2D eigenvalue weighted by Crippen LogP contribution is -2.57. The Kier molecular flexibility index (Phi) is 12.2. The van der Waals surface area contributed by atoms with E-state index in [4.69, 9.17) is 14.2 Å². The maximum absolute atomic E-state index is 13.2. The van der Waals surface area contributed by atoms with Crippen molar-refractivity contribution in [3.63, 3.8) is 0 Å². The van der Waals surface area contributed by atoms with E-state index >= 15 is 0 Å². The Morgan fingerprint density at radius 3 is 1.77 bits per heavy atom. The first-order valence-corrected chi connectivity index (χ1v) is 11.7. The van der Waals surface area contributed by atoms with Crippen LogP contribution in [0.5, 0.6) is 0 Å². The normalized spacial score (nSPS) is 14.3. The van der Waals surface area contributed by atoms with E-state index in [1.54, 1.807) is 41.5 Å². The van der Waals surface area contributed by atoms with Gasteiger partial charge in [-0.1, -0.05) is 13.8 Å². The molecule has 0 heterocycles. The predicted molar refractivity (Wildman–Crippen MR) is 129 cm³/mol. The molecule has 0 aliphatic rings. The van der Waals surface area contributed by atoms with Gasteiger partial charge in [0, 0.05) is 14.0 Å². The molecule has 0 bridgehead atoms. The van der Waals surface area contributed by atoms with Crippen LogP contribution in [0.1, 0.15) is 75.7 Å². The van der Waals surface area contributed by atoms with E-state index in [0.29, 0.717) is 0 Å². The third-order valence-electron chi connectivity index (χ3n) is 4.35. The Morgan fingerprint density at radius 2 is 1.34 bits per heavy atom. The molecule has 0 unspecified atom stereocenters. The standard InChI is InChI=1S/C24H43N3O8/c1-14(2)12-18(27(11)22(32)35-24(8,9)10)20(30)26-17(13-33-16(4)28)19(29)25-15(3)21(31)34-23(5,6)7/h14-15,17-18H,12-13H2,1-11H3,(H,25,29)(H,26,30)/t15-,17-,18-/m0/s1. The monoisotopic (exact) mass is 501 g/mol. The van der Waals surface area contributed by atoms with Gasteiger partial charge in [0.15, 0.2) is 0 Å². The summed E-state index contributed by atoms with van der Waals surface area (Å²) in [5, 5.41) is 5.01. The lowest BCUT2D eigenvalue weighted by atomic mass is 10.0. The van der Waals surface area contributed by atoms with Gasteiger partial charge in [0.25, 0.3) is 0 Å². The molecule has 0 aliphatic carbocycles. The second-order valence-electron chi connectivity index (χ2n) is 10.9. The molecule has 0 saturated heterocycles. The molecule has 202 valence electrons. The highest BCUT2D eigenvalue weighted by Gasteiger charge is 2.34. The van der Waals surface area contributed by atoms with E-state index < -0.39 is 65.8 Å². The number of nitrogens with zero attached hydrogens (tertiary/aromatic N) is 1. The molecule has 0 aliphatic heterocycles. The van der Waals surface area contributed by atoms with E-state index in [2.05, 4.69) is 10.6 Å². The van der Waals surface area contributed by atoms with Crippen molar-refractivity contribution >= 4 is 29.8 Å². The van der Waals surface area contributed by atoms with Gasteiger partial charge in [-0.3, -0.25) is 19.3 Å². The molecule has 35 heavy (non-hydrogen) atoms. The van der Waals surface area contributed by atoms with Crippen LogP contribution >= 0.6 is 0 Å². The van der Waals surface area contributed by atoms with Crippen molar-refractivity contribution in [1.29, 1.82) is 0 Å². The lowest BCUT2D eigenvalue weighted by Gasteiger charge is -2.32. The van der Waals surface area contributed by atoms with Gasteiger partial charge in [-0.25, -0.2) is 9.59 Å². The molecule has 11 heteroatoms. The van der Waals surface area contributed by atoms with Crippen molar-refractivity contribution in [3.05, 3.63) is 0 Å². The number of amides is 3. The van der Waals surface area contributed by atoms with Gasteiger partial charge in [-0.15, -0.1) is 0 Å². The number of esters is 2. The maximum Gasteiger partial charge on any atom is 0.410 e. The molecule has 0 aromatic heterocycles. The summed E-state index contributed by atoms with van der Waals surface area (Å²) >= 11 is 0. The Bertz CT molecular complexity index is 768. The fourth-order valence-electron chi connectivity index (χ4n) is 2.76. The number of hydrogen-bond donors (Lipinski definition) is 2. The number of hydrogen-bond acceptors (Lipinski definition) is 8. The summed E-state index contributed by atoms with van der Waals surface area (Å²) in [7, 11) is 1.44. The quantitative estimate of drug-likeness (QED) is 0.343. The van der Waals surface area contributed by atoms with Crippen LogP contribution < -0.4 is 10.6 Å². The third-order valence-corrected chi connectivity index (χ3v) is 4.35. The average Bonchev–Trinajstić information content (AvgIpc) is 2.65. The number of carbonyl (C=O) groups excluding carboxylic acids is 5. The summed E-state index contributed by atoms with van der Waals surface area (Å²) in [5.74, 6) is -2.67. The highest BCUT2D eigenvalue weighted by Crippen LogP contribution is 2.16. The average molecular weight is 502 g/mol. The van der Waals surface area contributed by atoms with E-state index in [9.17, 15) is 24.0 Å². The van der Waals surface area contributed by atoms with Gasteiger partial charge in [-0.05, 0) is 60.8 Å². The molecule has 0 aromatic carbocycles. The zero-order valence-corrected chi connectivity index (χ0v) is 22.9. The van der Waals surface area contributed by atoms with E-state index in [1.807, 2.05) is 13.8 Å². The zero-order valence-electron chi connectivity index (χ0n) is 22.9. The molecule has 11 nitrogen and oxygen atoms in total. The summed E-state index contributed by atoms with van der Waals surface area (Å²) in [6.45, 7) is 16.1. The maximum atomic E-state index is 13.2. The minimum Gasteiger partial charge on any atom is -0.463 e. The number of ether oxygens (including phenoxy) is 3. The van der Waals surface area contributed by atoms with Crippen molar-refractivity contribution in [3.8, 4) is 0 Å². The van der Waals surface area contributed by atoms with Gasteiger partial charge < -0.3 is 24.8 Å². The van der Waals surface area contributed by atoms with E-state index in [-0.39, 0.29) is 12.3 Å². The SMILES string of the molecule is CC(=O)OC[C@H](NC(=O)[C@H](CC(C)C)N(C)C(=O)OC(C)(C)C)C(=O)N[C@@H](C)C(=O)OC(C)(C)C. The largest absolute Gasteiger partial charge is 0.463 e. The van der Waals surface area contributed by atoms with Gasteiger partial charge in [0.1, 0.15) is 35.9 Å². The first kappa shape index (κ1) is 32.1. The highest BCUT2D eigenvalue weighted by atomic mass is 16.6. The van der Waals surface area contributed by atoms with Gasteiger partial charge in [0.05, 0.1) is 0 Å². The Hall–Kier alpha value is -2.85. The first-order chi connectivity index (χ1) is 15.7. The molecule has 0 rings (SSSR count). The molecular weight excluding hydrogens is 458 g/mol. The second-order valence-corrected chi connectivity index (χ2v) is 10.9. The number of carbonyl (C=O) groups is 5. The second kappa shape index (κ2) is 13.3. The summed E-state index contributed by atoms with van der Waals surface area (Å²) in [6.07, 6.45) is -0.407.